The largest absolute Gasteiger partial charge is 0.308 e. The lowest BCUT2D eigenvalue weighted by Crippen LogP contribution is -2.16. The van der Waals surface area contributed by atoms with E-state index < -0.39 is 0 Å². The molecule has 0 fully saturated rings. The van der Waals surface area contributed by atoms with Crippen LogP contribution in [0.15, 0.2) is 176 Å². The molecule has 10 rings (SSSR count). The smallest absolute Gasteiger partial charge is 0.0640 e. The Hall–Kier alpha value is -5.96. The first-order valence-electron chi connectivity index (χ1n) is 17.7. The Bertz CT molecular complexity index is 2780. The van der Waals surface area contributed by atoms with E-state index in [0.29, 0.717) is 0 Å². The standard InChI is InChI=1S/C49H35NS/c1-49(2)40-26-10-8-22-38(40)47-41(49)27-15-29-43(47)50(42-28-11-9-21-37(42)36-24-12-19-32-18-6-7-20-34(32)36)44-30-13-25-39-46-35(33-16-4-3-5-17-33)23-14-31-45(46)51-48(39)44/h3-31H,1-2H3. The fourth-order valence-corrected chi connectivity index (χ4v) is 9.77. The van der Waals surface area contributed by atoms with Crippen molar-refractivity contribution in [2.24, 2.45) is 0 Å². The molecule has 2 heteroatoms. The van der Waals surface area contributed by atoms with E-state index in [1.807, 2.05) is 11.3 Å². The second-order valence-corrected chi connectivity index (χ2v) is 15.1. The normalized spacial score (nSPS) is 13.1. The molecule has 242 valence electrons. The van der Waals surface area contributed by atoms with Gasteiger partial charge >= 0.3 is 0 Å². The van der Waals surface area contributed by atoms with E-state index in [-0.39, 0.29) is 5.41 Å². The van der Waals surface area contributed by atoms with Crippen LogP contribution in [0, 0.1) is 0 Å². The molecule has 0 amide bonds. The number of para-hydroxylation sites is 1. The summed E-state index contributed by atoms with van der Waals surface area (Å²) in [6, 6.07) is 64.8. The number of hydrogen-bond donors (Lipinski definition) is 0. The van der Waals surface area contributed by atoms with Gasteiger partial charge in [0.1, 0.15) is 0 Å². The number of thiophene rings is 1. The molecule has 9 aromatic rings. The molecule has 0 spiro atoms. The molecule has 0 atom stereocenters. The van der Waals surface area contributed by atoms with Crippen LogP contribution < -0.4 is 4.90 Å². The summed E-state index contributed by atoms with van der Waals surface area (Å²) in [5, 5.41) is 5.10. The molecule has 0 bridgehead atoms. The molecular formula is C49H35NS. The summed E-state index contributed by atoms with van der Waals surface area (Å²) in [6.45, 7) is 4.74. The van der Waals surface area contributed by atoms with Gasteiger partial charge in [0.2, 0.25) is 0 Å². The maximum absolute atomic E-state index is 2.56. The molecule has 1 nitrogen and oxygen atoms in total. The van der Waals surface area contributed by atoms with Gasteiger partial charge in [0.05, 0.1) is 21.8 Å². The molecule has 8 aromatic carbocycles. The summed E-state index contributed by atoms with van der Waals surface area (Å²) in [6.07, 6.45) is 0. The van der Waals surface area contributed by atoms with Crippen LogP contribution in [0.1, 0.15) is 25.0 Å². The lowest BCUT2D eigenvalue weighted by atomic mass is 9.82. The molecule has 0 radical (unpaired) electrons. The number of hydrogen-bond acceptors (Lipinski definition) is 2. The zero-order chi connectivity index (χ0) is 34.1. The Kier molecular flexibility index (Phi) is 6.78. The molecule has 51 heavy (non-hydrogen) atoms. The van der Waals surface area contributed by atoms with Crippen molar-refractivity contribution in [2.75, 3.05) is 4.90 Å². The van der Waals surface area contributed by atoms with E-state index in [4.69, 9.17) is 0 Å². The Balaban J connectivity index is 1.31. The summed E-state index contributed by atoms with van der Waals surface area (Å²) in [5.74, 6) is 0. The van der Waals surface area contributed by atoms with Gasteiger partial charge in [0, 0.05) is 32.0 Å². The molecule has 1 aliphatic rings. The maximum atomic E-state index is 2.56. The number of anilines is 3. The van der Waals surface area contributed by atoms with Gasteiger partial charge in [-0.25, -0.2) is 0 Å². The lowest BCUT2D eigenvalue weighted by Gasteiger charge is -2.31. The van der Waals surface area contributed by atoms with E-state index in [1.54, 1.807) is 0 Å². The summed E-state index contributed by atoms with van der Waals surface area (Å²) >= 11 is 1.90. The van der Waals surface area contributed by atoms with E-state index in [1.165, 1.54) is 86.8 Å². The summed E-state index contributed by atoms with van der Waals surface area (Å²) < 4.78 is 2.58. The van der Waals surface area contributed by atoms with Crippen LogP contribution in [0.2, 0.25) is 0 Å². The molecule has 0 N–H and O–H groups in total. The molecule has 0 saturated heterocycles. The first-order valence-corrected chi connectivity index (χ1v) is 18.5. The monoisotopic (exact) mass is 669 g/mol. The van der Waals surface area contributed by atoms with Crippen LogP contribution in [0.5, 0.6) is 0 Å². The average Bonchev–Trinajstić information content (AvgIpc) is 3.68. The first-order chi connectivity index (χ1) is 25.1. The minimum absolute atomic E-state index is 0.114. The number of fused-ring (bicyclic) bond motifs is 7. The Morgan fingerprint density at radius 3 is 1.92 bits per heavy atom. The first kappa shape index (κ1) is 29.9. The Labute approximate surface area is 302 Å². The Morgan fingerprint density at radius 2 is 1.02 bits per heavy atom. The van der Waals surface area contributed by atoms with Crippen LogP contribution >= 0.6 is 11.3 Å². The third-order valence-electron chi connectivity index (χ3n) is 10.9. The van der Waals surface area contributed by atoms with Gasteiger partial charge < -0.3 is 4.90 Å². The number of benzene rings is 8. The van der Waals surface area contributed by atoms with Gasteiger partial charge in [-0.2, -0.15) is 0 Å². The van der Waals surface area contributed by atoms with Gasteiger partial charge in [-0.05, 0) is 68.4 Å². The minimum Gasteiger partial charge on any atom is -0.308 e. The van der Waals surface area contributed by atoms with Gasteiger partial charge in [-0.1, -0.05) is 166 Å². The molecule has 0 unspecified atom stereocenters. The van der Waals surface area contributed by atoms with Gasteiger partial charge in [0.15, 0.2) is 0 Å². The zero-order valence-electron chi connectivity index (χ0n) is 28.6. The van der Waals surface area contributed by atoms with Crippen LogP contribution in [-0.2, 0) is 5.41 Å². The average molecular weight is 670 g/mol. The van der Waals surface area contributed by atoms with Crippen molar-refractivity contribution in [1.82, 2.24) is 0 Å². The highest BCUT2D eigenvalue weighted by Gasteiger charge is 2.38. The fraction of sp³-hybridized carbons (Fsp3) is 0.0612. The van der Waals surface area contributed by atoms with Crippen molar-refractivity contribution < 1.29 is 0 Å². The van der Waals surface area contributed by atoms with Gasteiger partial charge in [-0.15, -0.1) is 11.3 Å². The second kappa shape index (κ2) is 11.6. The van der Waals surface area contributed by atoms with Crippen LogP contribution in [0.3, 0.4) is 0 Å². The molecule has 1 aliphatic carbocycles. The molecule has 1 aromatic heterocycles. The van der Waals surface area contributed by atoms with E-state index in [9.17, 15) is 0 Å². The predicted molar refractivity (Wildman–Crippen MR) is 220 cm³/mol. The van der Waals surface area contributed by atoms with Crippen LogP contribution in [-0.4, -0.2) is 0 Å². The third kappa shape index (κ3) is 4.53. The molecule has 0 aliphatic heterocycles. The van der Waals surface area contributed by atoms with Crippen molar-refractivity contribution in [3.05, 3.63) is 187 Å². The van der Waals surface area contributed by atoms with Gasteiger partial charge in [-0.3, -0.25) is 0 Å². The minimum atomic E-state index is -0.114. The number of nitrogens with zero attached hydrogens (tertiary/aromatic N) is 1. The van der Waals surface area contributed by atoms with Crippen molar-refractivity contribution in [1.29, 1.82) is 0 Å². The lowest BCUT2D eigenvalue weighted by molar-refractivity contribution is 0.660. The zero-order valence-corrected chi connectivity index (χ0v) is 29.4. The molecule has 0 saturated carbocycles. The summed E-state index contributed by atoms with van der Waals surface area (Å²) in [5.41, 5.74) is 13.8. The highest BCUT2D eigenvalue weighted by atomic mass is 32.1. The van der Waals surface area contributed by atoms with Crippen molar-refractivity contribution >= 4 is 59.3 Å². The van der Waals surface area contributed by atoms with Crippen LogP contribution in [0.25, 0.3) is 64.3 Å². The quantitative estimate of drug-likeness (QED) is 0.176. The maximum Gasteiger partial charge on any atom is 0.0640 e. The fourth-order valence-electron chi connectivity index (χ4n) is 8.53. The highest BCUT2D eigenvalue weighted by Crippen LogP contribution is 2.56. The van der Waals surface area contributed by atoms with Gasteiger partial charge in [0.25, 0.3) is 0 Å². The SMILES string of the molecule is CC1(C)c2ccccc2-c2c(N(c3ccccc3-c3cccc4ccccc34)c3cccc4c3sc3cccc(-c5ccccc5)c34)cccc21. The van der Waals surface area contributed by atoms with Crippen LogP contribution in [0.4, 0.5) is 17.1 Å². The molecular weight excluding hydrogens is 635 g/mol. The van der Waals surface area contributed by atoms with Crippen molar-refractivity contribution in [2.45, 2.75) is 19.3 Å². The topological polar surface area (TPSA) is 3.24 Å². The molecule has 1 heterocycles. The summed E-state index contributed by atoms with van der Waals surface area (Å²) in [4.78, 5) is 2.56. The predicted octanol–water partition coefficient (Wildman–Crippen LogP) is 14.3. The third-order valence-corrected chi connectivity index (χ3v) is 12.1. The van der Waals surface area contributed by atoms with E-state index >= 15 is 0 Å². The highest BCUT2D eigenvalue weighted by molar-refractivity contribution is 7.26. The second-order valence-electron chi connectivity index (χ2n) is 14.1. The summed E-state index contributed by atoms with van der Waals surface area (Å²) in [7, 11) is 0. The van der Waals surface area contributed by atoms with E-state index in [0.717, 1.165) is 5.69 Å². The Morgan fingerprint density at radius 1 is 0.431 bits per heavy atom. The number of rotatable bonds is 5. The van der Waals surface area contributed by atoms with E-state index in [2.05, 4.69) is 195 Å². The van der Waals surface area contributed by atoms with Crippen molar-refractivity contribution in [3.8, 4) is 33.4 Å². The van der Waals surface area contributed by atoms with Crippen molar-refractivity contribution in [3.63, 3.8) is 0 Å².